The zero-order chi connectivity index (χ0) is 61.9. The van der Waals surface area contributed by atoms with Crippen LogP contribution in [-0.2, 0) is 23.8 Å². The van der Waals surface area contributed by atoms with E-state index in [0.29, 0.717) is 96.4 Å². The first-order chi connectivity index (χ1) is 40.7. The highest BCUT2D eigenvalue weighted by atomic mass is 79.9. The molecule has 2 N–H and O–H groups in total. The second kappa shape index (κ2) is 25.6. The molecular weight excluding hydrogens is 1170 g/mol. The van der Waals surface area contributed by atoms with Crippen LogP contribution in [0, 0.1) is 50.1 Å². The zero-order valence-corrected chi connectivity index (χ0v) is 51.4. The number of ether oxygens (including phenoxy) is 3. The van der Waals surface area contributed by atoms with Gasteiger partial charge in [-0.1, -0.05) is 34.1 Å². The molecule has 2 saturated heterocycles. The number of hydrogen-bond donors (Lipinski definition) is 2. The molecule has 16 nitrogen and oxygen atoms in total. The van der Waals surface area contributed by atoms with Crippen molar-refractivity contribution < 1.29 is 51.7 Å². The number of H-pyrrole nitrogens is 1. The number of halogens is 4. The summed E-state index contributed by atoms with van der Waals surface area (Å²) in [7, 11) is 0. The van der Waals surface area contributed by atoms with Crippen LogP contribution in [-0.4, -0.2) is 102 Å². The number of esters is 1. The summed E-state index contributed by atoms with van der Waals surface area (Å²) in [6.45, 7) is 21.4. The topological polar surface area (TPSA) is 187 Å². The van der Waals surface area contributed by atoms with Gasteiger partial charge in [-0.3, -0.25) is 9.59 Å². The molecule has 2 aliphatic rings. The van der Waals surface area contributed by atoms with Crippen LogP contribution in [0.2, 0.25) is 0 Å². The van der Waals surface area contributed by atoms with Gasteiger partial charge in [0.05, 0.1) is 68.2 Å². The van der Waals surface area contributed by atoms with E-state index in [-0.39, 0.29) is 46.4 Å². The monoisotopic (exact) mass is 1240 g/mol. The number of nitrogens with zero attached hydrogens (tertiary/aromatic N) is 7. The Labute approximate surface area is 505 Å². The van der Waals surface area contributed by atoms with E-state index in [1.54, 1.807) is 97.0 Å². The van der Waals surface area contributed by atoms with Crippen molar-refractivity contribution in [2.45, 2.75) is 106 Å². The number of nitrogens with one attached hydrogen (secondary N) is 1. The fourth-order valence-corrected chi connectivity index (χ4v) is 10.8. The molecule has 0 bridgehead atoms. The number of aryl methyl sites for hydroxylation is 3. The van der Waals surface area contributed by atoms with Gasteiger partial charge < -0.3 is 34.1 Å². The van der Waals surface area contributed by atoms with Gasteiger partial charge in [-0.2, -0.15) is 0 Å². The van der Waals surface area contributed by atoms with E-state index in [1.807, 2.05) is 63.2 Å². The van der Waals surface area contributed by atoms with Crippen molar-refractivity contribution in [1.82, 2.24) is 29.1 Å². The predicted molar refractivity (Wildman–Crippen MR) is 331 cm³/mol. The predicted octanol–water partition coefficient (Wildman–Crippen LogP) is 15.4. The summed E-state index contributed by atoms with van der Waals surface area (Å²) < 4.78 is 63.7. The summed E-state index contributed by atoms with van der Waals surface area (Å²) >= 11 is 3.34. The summed E-state index contributed by atoms with van der Waals surface area (Å²) in [6, 6.07) is 31.3. The summed E-state index contributed by atoms with van der Waals surface area (Å²) in [5, 5.41) is 9.13. The average molecular weight is 1240 g/mol. The molecule has 3 aromatic heterocycles. The van der Waals surface area contributed by atoms with Gasteiger partial charge in [0.1, 0.15) is 34.5 Å². The Balaban J connectivity index is 0.000000157. The summed E-state index contributed by atoms with van der Waals surface area (Å²) in [4.78, 5) is 70.2. The molecule has 0 saturated carbocycles. The highest BCUT2D eigenvalue weighted by Crippen LogP contribution is 2.36. The number of rotatable bonds is 8. The Morgan fingerprint density at radius 2 is 1.01 bits per heavy atom. The number of fused-ring (bicyclic) bond motifs is 3. The molecule has 0 unspecified atom stereocenters. The lowest BCUT2D eigenvalue weighted by atomic mass is 9.96. The normalized spacial score (nSPS) is 14.2. The van der Waals surface area contributed by atoms with E-state index in [0.717, 1.165) is 39.1 Å². The second-order valence-corrected chi connectivity index (χ2v) is 24.6. The van der Waals surface area contributed by atoms with Gasteiger partial charge in [0.25, 0.3) is 0 Å². The number of imidazole rings is 3. The first-order valence-corrected chi connectivity index (χ1v) is 29.4. The van der Waals surface area contributed by atoms with Crippen molar-refractivity contribution in [3.63, 3.8) is 0 Å². The first kappa shape index (κ1) is 62.0. The molecule has 0 radical (unpaired) electrons. The number of anilines is 2. The van der Waals surface area contributed by atoms with Crippen molar-refractivity contribution >= 4 is 84.5 Å². The van der Waals surface area contributed by atoms with E-state index in [2.05, 4.69) is 45.7 Å². The molecule has 450 valence electrons. The number of piperidine rings is 2. The molecule has 6 aromatic carbocycles. The van der Waals surface area contributed by atoms with Crippen LogP contribution >= 0.6 is 15.9 Å². The molecule has 0 atom stereocenters. The molecule has 2 fully saturated rings. The molecule has 20 heteroatoms. The molecule has 0 spiro atoms. The zero-order valence-electron chi connectivity index (χ0n) is 49.9. The van der Waals surface area contributed by atoms with Crippen molar-refractivity contribution in [1.29, 1.82) is 0 Å². The van der Waals surface area contributed by atoms with Gasteiger partial charge in [-0.15, -0.1) is 0 Å². The van der Waals surface area contributed by atoms with Gasteiger partial charge in [0.2, 0.25) is 0 Å². The highest BCUT2D eigenvalue weighted by Gasteiger charge is 2.31. The number of benzene rings is 6. The number of hydrogen-bond acceptors (Lipinski definition) is 12. The SMILES string of the molecule is CCOC(=O)C1CCN(c2ccc(F)c(-c3nc4cc(C)ccc4n3C(=O)OC(C)(C)C)c2)CC1.Cc1ccc2c(c1)nc(-c1cc(Br)ccc1F)n2C(=O)OC(C)(C)C.Cc1ccc2nc(-c3cc(N4CCC(C(=O)O)CC4)ccc3F)[nH]c2c1. The molecule has 5 heterocycles. The number of aromatic nitrogens is 6. The second-order valence-electron chi connectivity index (χ2n) is 23.7. The third-order valence-corrected chi connectivity index (χ3v) is 15.2. The van der Waals surface area contributed by atoms with Crippen molar-refractivity contribution in [3.8, 4) is 34.2 Å². The van der Waals surface area contributed by atoms with Crippen LogP contribution in [0.15, 0.2) is 114 Å². The highest BCUT2D eigenvalue weighted by molar-refractivity contribution is 9.10. The van der Waals surface area contributed by atoms with E-state index in [9.17, 15) is 28.0 Å². The largest absolute Gasteiger partial charge is 0.481 e. The number of carbonyl (C=O) groups excluding carboxylic acids is 3. The molecular formula is C66H70BrF3N8O8. The third-order valence-electron chi connectivity index (χ3n) is 14.7. The lowest BCUT2D eigenvalue weighted by Gasteiger charge is -2.32. The van der Waals surface area contributed by atoms with E-state index < -0.39 is 41.0 Å². The molecule has 2 aliphatic heterocycles. The molecule has 0 aliphatic carbocycles. The average Bonchev–Trinajstić information content (AvgIpc) is 1.84. The van der Waals surface area contributed by atoms with Gasteiger partial charge in [-0.25, -0.2) is 46.8 Å². The van der Waals surface area contributed by atoms with Crippen LogP contribution in [0.25, 0.3) is 67.3 Å². The Kier molecular flexibility index (Phi) is 18.5. The summed E-state index contributed by atoms with van der Waals surface area (Å²) in [5.41, 5.74) is 8.29. The number of carbonyl (C=O) groups is 4. The number of carboxylic acid groups (broad SMARTS) is 1. The van der Waals surface area contributed by atoms with Crippen LogP contribution in [0.1, 0.15) is 90.8 Å². The smallest absolute Gasteiger partial charge is 0.420 e. The van der Waals surface area contributed by atoms with E-state index in [1.165, 1.54) is 27.3 Å². The summed E-state index contributed by atoms with van der Waals surface area (Å²) in [6.07, 6.45) is 1.34. The van der Waals surface area contributed by atoms with Gasteiger partial charge in [-0.05, 0) is 203 Å². The lowest BCUT2D eigenvalue weighted by Crippen LogP contribution is -2.37. The maximum absolute atomic E-state index is 15.2. The Morgan fingerprint density at radius 1 is 0.570 bits per heavy atom. The minimum atomic E-state index is -0.734. The quantitative estimate of drug-likeness (QED) is 0.108. The maximum atomic E-state index is 15.2. The van der Waals surface area contributed by atoms with Gasteiger partial charge >= 0.3 is 24.1 Å². The minimum absolute atomic E-state index is 0.120. The van der Waals surface area contributed by atoms with Crippen LogP contribution in [0.3, 0.4) is 0 Å². The molecule has 0 amide bonds. The standard InChI is InChI=1S/C27H32FN3O4.C20H20FN3O2.C19H18BrFN2O2/c1-6-34-25(32)18-11-13-30(14-12-18)19-8-9-21(28)20(16-19)24-29-22-15-17(2)7-10-23(22)31(24)26(33)35-27(3,4)5;1-12-2-5-17-18(10-12)23-19(22-17)15-11-14(3-4-16(15)21)24-8-6-13(7-9-24)20(25)26;1-11-5-8-16-15(9-11)22-17(13-10-12(20)6-7-14(13)21)23(16)18(24)25-19(2,3)4/h7-10,15-16,18H,6,11-14H2,1-5H3;2-5,10-11,13H,6-9H2,1H3,(H,22,23)(H,25,26);5-10H,1-4H3. The molecule has 11 rings (SSSR count). The number of aliphatic carboxylic acids is 1. The third kappa shape index (κ3) is 14.4. The summed E-state index contributed by atoms with van der Waals surface area (Å²) in [5.74, 6) is -1.65. The molecule has 9 aromatic rings. The lowest BCUT2D eigenvalue weighted by molar-refractivity contribution is -0.148. The Bertz CT molecular complexity index is 4020. The number of aromatic amines is 1. The van der Waals surface area contributed by atoms with Crippen molar-refractivity contribution in [3.05, 3.63) is 148 Å². The minimum Gasteiger partial charge on any atom is -0.481 e. The van der Waals surface area contributed by atoms with Crippen molar-refractivity contribution in [2.24, 2.45) is 11.8 Å². The van der Waals surface area contributed by atoms with Gasteiger partial charge in [0.15, 0.2) is 11.6 Å². The number of carboxylic acids is 1. The fraction of sp³-hybridized carbons (Fsp3) is 0.348. The Morgan fingerprint density at radius 3 is 1.50 bits per heavy atom. The maximum Gasteiger partial charge on any atom is 0.420 e. The van der Waals surface area contributed by atoms with Crippen LogP contribution < -0.4 is 9.80 Å². The van der Waals surface area contributed by atoms with Gasteiger partial charge in [0, 0.05) is 42.0 Å². The van der Waals surface area contributed by atoms with Crippen molar-refractivity contribution in [2.75, 3.05) is 42.6 Å². The van der Waals surface area contributed by atoms with E-state index >= 15 is 4.39 Å². The van der Waals surface area contributed by atoms with Crippen LogP contribution in [0.4, 0.5) is 34.1 Å². The van der Waals surface area contributed by atoms with Crippen LogP contribution in [0.5, 0.6) is 0 Å². The van der Waals surface area contributed by atoms with E-state index in [4.69, 9.17) is 19.3 Å². The molecule has 86 heavy (non-hydrogen) atoms. The Hall–Kier alpha value is -8.52. The fourth-order valence-electron chi connectivity index (χ4n) is 10.4. The first-order valence-electron chi connectivity index (χ1n) is 28.6.